The molecule has 1 amide bonds. The van der Waals surface area contributed by atoms with E-state index in [9.17, 15) is 9.18 Å². The summed E-state index contributed by atoms with van der Waals surface area (Å²) in [5.41, 5.74) is 2.07. The smallest absolute Gasteiger partial charge is 0.225 e. The fraction of sp³-hybridized carbons (Fsp3) is 0.292. The minimum atomic E-state index is -0.234. The van der Waals surface area contributed by atoms with Gasteiger partial charge in [-0.05, 0) is 54.1 Å². The SMILES string of the molecule is COc1ccc([C@H](CC(=O)N2CCN(c3ccc(F)cc3)CC2)n2cccc2)cc1. The summed E-state index contributed by atoms with van der Waals surface area (Å²) in [5.74, 6) is 0.707. The van der Waals surface area contributed by atoms with E-state index in [-0.39, 0.29) is 17.8 Å². The maximum Gasteiger partial charge on any atom is 0.225 e. The van der Waals surface area contributed by atoms with Crippen LogP contribution in [0, 0.1) is 5.82 Å². The van der Waals surface area contributed by atoms with E-state index in [1.54, 1.807) is 19.2 Å². The fourth-order valence-electron chi connectivity index (χ4n) is 3.94. The Hall–Kier alpha value is -3.28. The number of methoxy groups -OCH3 is 1. The molecule has 2 aromatic carbocycles. The van der Waals surface area contributed by atoms with Crippen LogP contribution >= 0.6 is 0 Å². The third-order valence-corrected chi connectivity index (χ3v) is 5.68. The van der Waals surface area contributed by atoms with E-state index in [2.05, 4.69) is 9.47 Å². The number of hydrogen-bond donors (Lipinski definition) is 0. The molecule has 0 saturated carbocycles. The van der Waals surface area contributed by atoms with E-state index in [1.165, 1.54) is 12.1 Å². The monoisotopic (exact) mass is 407 g/mol. The van der Waals surface area contributed by atoms with Crippen LogP contribution in [0.5, 0.6) is 5.75 Å². The van der Waals surface area contributed by atoms with Gasteiger partial charge in [0.05, 0.1) is 19.6 Å². The Morgan fingerprint density at radius 1 is 0.967 bits per heavy atom. The summed E-state index contributed by atoms with van der Waals surface area (Å²) in [7, 11) is 1.65. The molecular weight excluding hydrogens is 381 g/mol. The third-order valence-electron chi connectivity index (χ3n) is 5.68. The van der Waals surface area contributed by atoms with E-state index in [0.29, 0.717) is 19.5 Å². The Morgan fingerprint density at radius 3 is 2.20 bits per heavy atom. The van der Waals surface area contributed by atoms with Gasteiger partial charge in [-0.2, -0.15) is 0 Å². The minimum absolute atomic E-state index is 0.0615. The molecule has 0 bridgehead atoms. The number of carbonyl (C=O) groups is 1. The first kappa shape index (κ1) is 20.0. The first-order chi connectivity index (χ1) is 14.6. The summed E-state index contributed by atoms with van der Waals surface area (Å²) >= 11 is 0. The number of carbonyl (C=O) groups excluding carboxylic acids is 1. The van der Waals surface area contributed by atoms with Gasteiger partial charge in [-0.3, -0.25) is 4.79 Å². The van der Waals surface area contributed by atoms with Gasteiger partial charge < -0.3 is 19.1 Å². The molecule has 6 heteroatoms. The zero-order valence-electron chi connectivity index (χ0n) is 17.1. The Balaban J connectivity index is 1.42. The number of nitrogens with zero attached hydrogens (tertiary/aromatic N) is 3. The van der Waals surface area contributed by atoms with Crippen molar-refractivity contribution in [2.45, 2.75) is 12.5 Å². The molecule has 1 fully saturated rings. The molecule has 3 aromatic rings. The number of anilines is 1. The lowest BCUT2D eigenvalue weighted by molar-refractivity contribution is -0.132. The highest BCUT2D eigenvalue weighted by Crippen LogP contribution is 2.26. The van der Waals surface area contributed by atoms with Crippen LogP contribution in [0.3, 0.4) is 0 Å². The molecule has 1 saturated heterocycles. The number of hydrogen-bond acceptors (Lipinski definition) is 3. The summed E-state index contributed by atoms with van der Waals surface area (Å²) in [5, 5.41) is 0. The number of amides is 1. The summed E-state index contributed by atoms with van der Waals surface area (Å²) in [6.07, 6.45) is 4.39. The predicted octanol–water partition coefficient (Wildman–Crippen LogP) is 3.96. The lowest BCUT2D eigenvalue weighted by atomic mass is 10.0. The average Bonchev–Trinajstić information content (AvgIpc) is 3.33. The van der Waals surface area contributed by atoms with Crippen LogP contribution < -0.4 is 9.64 Å². The summed E-state index contributed by atoms with van der Waals surface area (Å²) in [6.45, 7) is 2.82. The van der Waals surface area contributed by atoms with Crippen molar-refractivity contribution in [3.05, 3.63) is 84.4 Å². The van der Waals surface area contributed by atoms with Crippen LogP contribution in [0.25, 0.3) is 0 Å². The van der Waals surface area contributed by atoms with Crippen molar-refractivity contribution in [2.75, 3.05) is 38.2 Å². The number of ether oxygens (including phenoxy) is 1. The van der Waals surface area contributed by atoms with Crippen LogP contribution in [0.1, 0.15) is 18.0 Å². The number of halogens is 1. The first-order valence-corrected chi connectivity index (χ1v) is 10.2. The largest absolute Gasteiger partial charge is 0.497 e. The third kappa shape index (κ3) is 4.48. The standard InChI is InChI=1S/C24H26FN3O2/c1-30-22-10-4-19(5-11-22)23(27-12-2-3-13-27)18-24(29)28-16-14-26(15-17-28)21-8-6-20(25)7-9-21/h2-13,23H,14-18H2,1H3/t23-/m0/s1. The molecule has 4 rings (SSSR count). The van der Waals surface area contributed by atoms with Gasteiger partial charge in [0.1, 0.15) is 11.6 Å². The molecule has 1 atom stereocenters. The number of piperazine rings is 1. The highest BCUT2D eigenvalue weighted by molar-refractivity contribution is 5.77. The zero-order valence-corrected chi connectivity index (χ0v) is 17.1. The molecule has 5 nitrogen and oxygen atoms in total. The van der Waals surface area contributed by atoms with Gasteiger partial charge >= 0.3 is 0 Å². The van der Waals surface area contributed by atoms with Gasteiger partial charge in [-0.25, -0.2) is 4.39 Å². The van der Waals surface area contributed by atoms with E-state index < -0.39 is 0 Å². The second kappa shape index (κ2) is 9.03. The van der Waals surface area contributed by atoms with Crippen molar-refractivity contribution in [1.82, 2.24) is 9.47 Å². The van der Waals surface area contributed by atoms with E-state index in [4.69, 9.17) is 4.74 Å². The summed E-state index contributed by atoms with van der Waals surface area (Å²) in [4.78, 5) is 17.2. The van der Waals surface area contributed by atoms with Crippen LogP contribution in [0.4, 0.5) is 10.1 Å². The lowest BCUT2D eigenvalue weighted by Gasteiger charge is -2.36. The maximum absolute atomic E-state index is 13.2. The average molecular weight is 407 g/mol. The van der Waals surface area contributed by atoms with Gasteiger partial charge in [0, 0.05) is 44.3 Å². The number of benzene rings is 2. The Kier molecular flexibility index (Phi) is 6.02. The molecule has 0 N–H and O–H groups in total. The Labute approximate surface area is 176 Å². The van der Waals surface area contributed by atoms with Crippen molar-refractivity contribution >= 4 is 11.6 Å². The maximum atomic E-state index is 13.2. The van der Waals surface area contributed by atoms with Gasteiger partial charge in [-0.1, -0.05) is 12.1 Å². The second-order valence-electron chi connectivity index (χ2n) is 7.47. The Morgan fingerprint density at radius 2 is 1.60 bits per heavy atom. The van der Waals surface area contributed by atoms with Gasteiger partial charge in [0.2, 0.25) is 5.91 Å². The molecule has 2 heterocycles. The van der Waals surface area contributed by atoms with Crippen LogP contribution in [0.2, 0.25) is 0 Å². The van der Waals surface area contributed by atoms with E-state index in [0.717, 1.165) is 30.1 Å². The molecule has 1 aliphatic rings. The van der Waals surface area contributed by atoms with Crippen LogP contribution in [-0.4, -0.2) is 48.7 Å². The zero-order chi connectivity index (χ0) is 20.9. The molecule has 0 radical (unpaired) electrons. The van der Waals surface area contributed by atoms with Crippen molar-refractivity contribution < 1.29 is 13.9 Å². The second-order valence-corrected chi connectivity index (χ2v) is 7.47. The molecule has 156 valence electrons. The summed E-state index contributed by atoms with van der Waals surface area (Å²) < 4.78 is 20.5. The quantitative estimate of drug-likeness (QED) is 0.621. The molecule has 30 heavy (non-hydrogen) atoms. The highest BCUT2D eigenvalue weighted by Gasteiger charge is 2.25. The topological polar surface area (TPSA) is 37.7 Å². The molecule has 0 unspecified atom stereocenters. The van der Waals surface area contributed by atoms with E-state index >= 15 is 0 Å². The lowest BCUT2D eigenvalue weighted by Crippen LogP contribution is -2.49. The molecule has 1 aromatic heterocycles. The molecule has 0 aliphatic carbocycles. The molecular formula is C24H26FN3O2. The normalized spacial score (nSPS) is 15.1. The minimum Gasteiger partial charge on any atom is -0.497 e. The Bertz CT molecular complexity index is 947. The van der Waals surface area contributed by atoms with E-state index in [1.807, 2.05) is 53.7 Å². The number of rotatable bonds is 6. The fourth-order valence-corrected chi connectivity index (χ4v) is 3.94. The molecule has 0 spiro atoms. The van der Waals surface area contributed by atoms with Crippen molar-refractivity contribution in [3.8, 4) is 5.75 Å². The van der Waals surface area contributed by atoms with Gasteiger partial charge in [-0.15, -0.1) is 0 Å². The highest BCUT2D eigenvalue weighted by atomic mass is 19.1. The van der Waals surface area contributed by atoms with Crippen molar-refractivity contribution in [1.29, 1.82) is 0 Å². The molecule has 1 aliphatic heterocycles. The van der Waals surface area contributed by atoms with Crippen molar-refractivity contribution in [3.63, 3.8) is 0 Å². The summed E-state index contributed by atoms with van der Waals surface area (Å²) in [6, 6.07) is 18.3. The predicted molar refractivity (Wildman–Crippen MR) is 115 cm³/mol. The van der Waals surface area contributed by atoms with Gasteiger partial charge in [0.15, 0.2) is 0 Å². The number of aromatic nitrogens is 1. The van der Waals surface area contributed by atoms with Crippen molar-refractivity contribution in [2.24, 2.45) is 0 Å². The van der Waals surface area contributed by atoms with Crippen LogP contribution in [0.15, 0.2) is 73.1 Å². The first-order valence-electron chi connectivity index (χ1n) is 10.2. The van der Waals surface area contributed by atoms with Gasteiger partial charge in [0.25, 0.3) is 0 Å². The van der Waals surface area contributed by atoms with Crippen LogP contribution in [-0.2, 0) is 4.79 Å².